The summed E-state index contributed by atoms with van der Waals surface area (Å²) in [6.45, 7) is 1.96. The van der Waals surface area contributed by atoms with Crippen molar-refractivity contribution in [1.29, 1.82) is 0 Å². The molecule has 10 heteroatoms. The van der Waals surface area contributed by atoms with Crippen molar-refractivity contribution >= 4 is 35.0 Å². The summed E-state index contributed by atoms with van der Waals surface area (Å²) in [5.41, 5.74) is 1.13. The summed E-state index contributed by atoms with van der Waals surface area (Å²) in [7, 11) is 1.76. The van der Waals surface area contributed by atoms with Gasteiger partial charge in [-0.15, -0.1) is 10.2 Å². The van der Waals surface area contributed by atoms with E-state index in [0.29, 0.717) is 20.6 Å². The number of nitro benzene ring substituents is 1. The molecular weight excluding hydrogens is 438 g/mol. The lowest BCUT2D eigenvalue weighted by Crippen LogP contribution is -2.35. The van der Waals surface area contributed by atoms with Crippen LogP contribution < -0.4 is 0 Å². The second-order valence-corrected chi connectivity index (χ2v) is 8.88. The lowest BCUT2D eigenvalue weighted by Gasteiger charge is -2.30. The van der Waals surface area contributed by atoms with Crippen LogP contribution in [0.2, 0.25) is 5.02 Å². The largest absolute Gasteiger partial charge is 0.329 e. The first-order valence-electron chi connectivity index (χ1n) is 9.73. The Morgan fingerprint density at radius 2 is 2.00 bits per heavy atom. The Balaban J connectivity index is 1.64. The van der Waals surface area contributed by atoms with Gasteiger partial charge < -0.3 is 9.47 Å². The fourth-order valence-electron chi connectivity index (χ4n) is 3.40. The van der Waals surface area contributed by atoms with Crippen molar-refractivity contribution in [3.8, 4) is 0 Å². The molecule has 0 N–H and O–H groups in total. The van der Waals surface area contributed by atoms with E-state index in [9.17, 15) is 14.9 Å². The highest BCUT2D eigenvalue weighted by Gasteiger charge is 2.37. The molecule has 1 amide bonds. The Morgan fingerprint density at radius 1 is 1.29 bits per heavy atom. The summed E-state index contributed by atoms with van der Waals surface area (Å²) in [5, 5.41) is 20.6. The van der Waals surface area contributed by atoms with Crippen molar-refractivity contribution in [2.45, 2.75) is 41.9 Å². The molecule has 1 aliphatic carbocycles. The molecule has 31 heavy (non-hydrogen) atoms. The average molecular weight is 458 g/mol. The number of nitro groups is 1. The number of nitrogens with zero attached hydrogens (tertiary/aromatic N) is 5. The standard InChI is InChI=1S/C21H20ClN5O3S/c1-13(14-3-6-16(22)7-4-14)26(17-8-9-17)20(28)15-5-10-19(18(11-15)27(29)30)31-21-24-23-12-25(21)2/h3-7,10-13,17H,8-9H2,1-2H3. The molecule has 1 heterocycles. The predicted molar refractivity (Wildman–Crippen MR) is 117 cm³/mol. The zero-order valence-electron chi connectivity index (χ0n) is 16.9. The number of hydrogen-bond donors (Lipinski definition) is 0. The van der Waals surface area contributed by atoms with Gasteiger partial charge in [-0.1, -0.05) is 23.7 Å². The van der Waals surface area contributed by atoms with E-state index in [-0.39, 0.29) is 23.7 Å². The summed E-state index contributed by atoms with van der Waals surface area (Å²) in [5.74, 6) is -0.219. The van der Waals surface area contributed by atoms with E-state index in [2.05, 4.69) is 10.2 Å². The second kappa shape index (κ2) is 8.68. The Labute approximate surface area is 188 Å². The Morgan fingerprint density at radius 3 is 2.58 bits per heavy atom. The molecule has 0 aliphatic heterocycles. The highest BCUT2D eigenvalue weighted by atomic mass is 35.5. The number of hydrogen-bond acceptors (Lipinski definition) is 6. The van der Waals surface area contributed by atoms with Crippen LogP contribution in [0, 0.1) is 10.1 Å². The van der Waals surface area contributed by atoms with Crippen LogP contribution in [0.3, 0.4) is 0 Å². The van der Waals surface area contributed by atoms with Gasteiger partial charge in [-0.3, -0.25) is 14.9 Å². The minimum Gasteiger partial charge on any atom is -0.329 e. The van der Waals surface area contributed by atoms with Gasteiger partial charge >= 0.3 is 0 Å². The number of aromatic nitrogens is 3. The zero-order valence-corrected chi connectivity index (χ0v) is 18.5. The van der Waals surface area contributed by atoms with Gasteiger partial charge in [-0.25, -0.2) is 0 Å². The number of rotatable bonds is 7. The van der Waals surface area contributed by atoms with Crippen LogP contribution in [-0.2, 0) is 7.05 Å². The van der Waals surface area contributed by atoms with Crippen LogP contribution in [0.4, 0.5) is 5.69 Å². The van der Waals surface area contributed by atoms with Crippen molar-refractivity contribution in [3.63, 3.8) is 0 Å². The average Bonchev–Trinajstić information content (AvgIpc) is 3.50. The van der Waals surface area contributed by atoms with Gasteiger partial charge in [-0.05, 0) is 61.4 Å². The lowest BCUT2D eigenvalue weighted by atomic mass is 10.0. The minimum atomic E-state index is -0.473. The number of benzene rings is 2. The van der Waals surface area contributed by atoms with E-state index in [0.717, 1.165) is 30.2 Å². The third-order valence-corrected chi connectivity index (χ3v) is 6.59. The summed E-state index contributed by atoms with van der Waals surface area (Å²) in [6.07, 6.45) is 3.37. The van der Waals surface area contributed by atoms with Crippen LogP contribution in [0.25, 0.3) is 0 Å². The zero-order chi connectivity index (χ0) is 22.1. The molecule has 2 aromatic carbocycles. The van der Waals surface area contributed by atoms with Gasteiger partial charge in [-0.2, -0.15) is 0 Å². The van der Waals surface area contributed by atoms with Crippen LogP contribution in [0.15, 0.2) is 58.8 Å². The smallest absolute Gasteiger partial charge is 0.284 e. The Kier molecular flexibility index (Phi) is 5.97. The molecule has 1 unspecified atom stereocenters. The number of carbonyl (C=O) groups excluding carboxylic acids is 1. The highest BCUT2D eigenvalue weighted by molar-refractivity contribution is 7.99. The van der Waals surface area contributed by atoms with Crippen LogP contribution in [-0.4, -0.2) is 36.5 Å². The molecule has 1 aromatic heterocycles. The molecule has 160 valence electrons. The number of carbonyl (C=O) groups is 1. The molecule has 1 fully saturated rings. The van der Waals surface area contributed by atoms with Crippen molar-refractivity contribution in [3.05, 3.63) is 75.1 Å². The molecule has 1 atom stereocenters. The van der Waals surface area contributed by atoms with Gasteiger partial charge in [0.2, 0.25) is 0 Å². The topological polar surface area (TPSA) is 94.2 Å². The molecule has 0 bridgehead atoms. The van der Waals surface area contributed by atoms with Crippen LogP contribution >= 0.6 is 23.4 Å². The molecular formula is C21H20ClN5O3S. The highest BCUT2D eigenvalue weighted by Crippen LogP contribution is 2.38. The summed E-state index contributed by atoms with van der Waals surface area (Å²) >= 11 is 7.13. The molecule has 0 saturated heterocycles. The first kappa shape index (κ1) is 21.3. The van der Waals surface area contributed by atoms with Crippen LogP contribution in [0.1, 0.15) is 41.7 Å². The predicted octanol–water partition coefficient (Wildman–Crippen LogP) is 4.89. The van der Waals surface area contributed by atoms with Crippen molar-refractivity contribution < 1.29 is 9.72 Å². The molecule has 1 aliphatic rings. The molecule has 3 aromatic rings. The van der Waals surface area contributed by atoms with Crippen molar-refractivity contribution in [1.82, 2.24) is 19.7 Å². The summed E-state index contributed by atoms with van der Waals surface area (Å²) in [6, 6.07) is 11.9. The van der Waals surface area contributed by atoms with E-state index in [1.54, 1.807) is 35.9 Å². The quantitative estimate of drug-likeness (QED) is 0.370. The number of amides is 1. The maximum atomic E-state index is 13.4. The molecule has 0 spiro atoms. The van der Waals surface area contributed by atoms with E-state index in [4.69, 9.17) is 11.6 Å². The summed E-state index contributed by atoms with van der Waals surface area (Å²) < 4.78 is 1.68. The van der Waals surface area contributed by atoms with E-state index < -0.39 is 4.92 Å². The van der Waals surface area contributed by atoms with E-state index in [1.807, 2.05) is 24.0 Å². The molecule has 0 radical (unpaired) electrons. The normalized spacial score (nSPS) is 14.3. The van der Waals surface area contributed by atoms with Gasteiger partial charge in [0, 0.05) is 29.7 Å². The molecule has 4 rings (SSSR count). The SMILES string of the molecule is CC(c1ccc(Cl)cc1)N(C(=O)c1ccc(Sc2nncn2C)c([N+](=O)[O-])c1)C1CC1. The fraction of sp³-hybridized carbons (Fsp3) is 0.286. The van der Waals surface area contributed by atoms with E-state index >= 15 is 0 Å². The second-order valence-electron chi connectivity index (χ2n) is 7.44. The molecule has 1 saturated carbocycles. The maximum absolute atomic E-state index is 13.4. The lowest BCUT2D eigenvalue weighted by molar-refractivity contribution is -0.387. The van der Waals surface area contributed by atoms with Crippen LogP contribution in [0.5, 0.6) is 0 Å². The van der Waals surface area contributed by atoms with Gasteiger partial charge in [0.1, 0.15) is 6.33 Å². The number of halogens is 1. The first-order valence-corrected chi connectivity index (χ1v) is 10.9. The molecule has 8 nitrogen and oxygen atoms in total. The fourth-order valence-corrected chi connectivity index (χ4v) is 4.38. The summed E-state index contributed by atoms with van der Waals surface area (Å²) in [4.78, 5) is 26.9. The third-order valence-electron chi connectivity index (χ3n) is 5.22. The van der Waals surface area contributed by atoms with Crippen molar-refractivity contribution in [2.24, 2.45) is 7.05 Å². The maximum Gasteiger partial charge on any atom is 0.284 e. The van der Waals surface area contributed by atoms with Crippen molar-refractivity contribution in [2.75, 3.05) is 0 Å². The first-order chi connectivity index (χ1) is 14.8. The van der Waals surface area contributed by atoms with Gasteiger partial charge in [0.15, 0.2) is 5.16 Å². The third kappa shape index (κ3) is 4.57. The number of aryl methyl sites for hydroxylation is 1. The van der Waals surface area contributed by atoms with Gasteiger partial charge in [0.05, 0.1) is 15.9 Å². The Bertz CT molecular complexity index is 1130. The Hall–Kier alpha value is -2.91. The van der Waals surface area contributed by atoms with Gasteiger partial charge in [0.25, 0.3) is 11.6 Å². The monoisotopic (exact) mass is 457 g/mol. The minimum absolute atomic E-state index is 0.130. The van der Waals surface area contributed by atoms with E-state index in [1.165, 1.54) is 12.4 Å².